The Morgan fingerprint density at radius 3 is 2.80 bits per heavy atom. The highest BCUT2D eigenvalue weighted by molar-refractivity contribution is 5.92. The summed E-state index contributed by atoms with van der Waals surface area (Å²) in [7, 11) is 0. The van der Waals surface area contributed by atoms with Gasteiger partial charge in [-0.25, -0.2) is 4.79 Å². The predicted octanol–water partition coefficient (Wildman–Crippen LogP) is 2.85. The summed E-state index contributed by atoms with van der Waals surface area (Å²) in [5.41, 5.74) is 1.61. The fourth-order valence-electron chi connectivity index (χ4n) is 1.68. The maximum atomic E-state index is 11.3. The summed E-state index contributed by atoms with van der Waals surface area (Å²) >= 11 is 0. The number of benzene rings is 1. The van der Waals surface area contributed by atoms with Gasteiger partial charge in [-0.3, -0.25) is 0 Å². The molecule has 0 saturated heterocycles. The summed E-state index contributed by atoms with van der Waals surface area (Å²) in [5.74, 6) is 0. The van der Waals surface area contributed by atoms with Crippen LogP contribution in [0.5, 0.6) is 0 Å². The van der Waals surface area contributed by atoms with Crippen LogP contribution in [0.1, 0.15) is 5.56 Å². The van der Waals surface area contributed by atoms with Crippen LogP contribution in [0.4, 0.5) is 0 Å². The van der Waals surface area contributed by atoms with Crippen molar-refractivity contribution in [3.8, 4) is 0 Å². The molecule has 0 N–H and O–H groups in total. The first-order chi connectivity index (χ1) is 7.24. The Kier molecular flexibility index (Phi) is 1.51. The van der Waals surface area contributed by atoms with Crippen molar-refractivity contribution in [3.63, 3.8) is 0 Å². The molecular formula is C12H8O3. The average Bonchev–Trinajstić information content (AvgIpc) is 2.63. The van der Waals surface area contributed by atoms with Gasteiger partial charge in [-0.05, 0) is 25.1 Å². The van der Waals surface area contributed by atoms with Crippen molar-refractivity contribution >= 4 is 21.9 Å². The molecule has 0 fully saturated rings. The number of furan rings is 1. The van der Waals surface area contributed by atoms with Crippen LogP contribution in [0.15, 0.2) is 44.2 Å². The van der Waals surface area contributed by atoms with Crippen LogP contribution in [-0.2, 0) is 0 Å². The van der Waals surface area contributed by atoms with E-state index in [4.69, 9.17) is 8.83 Å². The molecule has 0 saturated carbocycles. The molecule has 15 heavy (non-hydrogen) atoms. The number of hydrogen-bond acceptors (Lipinski definition) is 3. The van der Waals surface area contributed by atoms with Gasteiger partial charge in [-0.2, -0.15) is 0 Å². The minimum absolute atomic E-state index is 0.298. The topological polar surface area (TPSA) is 43.4 Å². The molecule has 74 valence electrons. The van der Waals surface area contributed by atoms with Gasteiger partial charge in [-0.1, -0.05) is 0 Å². The summed E-state index contributed by atoms with van der Waals surface area (Å²) in [5, 5.41) is 1.93. The molecule has 0 aliphatic heterocycles. The smallest absolute Gasteiger partial charge is 0.339 e. The summed E-state index contributed by atoms with van der Waals surface area (Å²) in [4.78, 5) is 11.3. The van der Waals surface area contributed by atoms with Crippen LogP contribution in [0, 0.1) is 6.92 Å². The maximum absolute atomic E-state index is 11.3. The van der Waals surface area contributed by atoms with Crippen LogP contribution >= 0.6 is 0 Å². The summed E-state index contributed by atoms with van der Waals surface area (Å²) in [6.45, 7) is 1.74. The molecule has 3 aromatic rings. The minimum Gasteiger partial charge on any atom is -0.464 e. The number of rotatable bonds is 0. The Bertz CT molecular complexity index is 704. The van der Waals surface area contributed by atoms with E-state index >= 15 is 0 Å². The van der Waals surface area contributed by atoms with Crippen LogP contribution in [0.25, 0.3) is 21.9 Å². The first-order valence-corrected chi connectivity index (χ1v) is 4.66. The average molecular weight is 200 g/mol. The zero-order valence-corrected chi connectivity index (χ0v) is 8.11. The van der Waals surface area contributed by atoms with Gasteiger partial charge in [0.25, 0.3) is 0 Å². The molecule has 2 aromatic heterocycles. The van der Waals surface area contributed by atoms with Crippen molar-refractivity contribution < 1.29 is 8.83 Å². The predicted molar refractivity (Wildman–Crippen MR) is 57.0 cm³/mol. The third-order valence-electron chi connectivity index (χ3n) is 2.48. The first-order valence-electron chi connectivity index (χ1n) is 4.66. The lowest BCUT2D eigenvalue weighted by molar-refractivity contribution is 0.553. The van der Waals surface area contributed by atoms with Crippen LogP contribution in [-0.4, -0.2) is 0 Å². The Balaban J connectivity index is 2.54. The molecule has 3 nitrogen and oxygen atoms in total. The van der Waals surface area contributed by atoms with Crippen LogP contribution in [0.2, 0.25) is 0 Å². The van der Waals surface area contributed by atoms with Crippen molar-refractivity contribution in [1.82, 2.24) is 0 Å². The lowest BCUT2D eigenvalue weighted by Gasteiger charge is -1.97. The van der Waals surface area contributed by atoms with Crippen molar-refractivity contribution in [1.29, 1.82) is 0 Å². The van der Waals surface area contributed by atoms with E-state index in [0.29, 0.717) is 11.1 Å². The lowest BCUT2D eigenvalue weighted by atomic mass is 10.1. The first kappa shape index (κ1) is 8.29. The SMILES string of the molecule is Cc1cc2cc3ccoc3cc2oc1=O. The highest BCUT2D eigenvalue weighted by Gasteiger charge is 2.04. The third kappa shape index (κ3) is 1.16. The van der Waals surface area contributed by atoms with Gasteiger partial charge in [0.2, 0.25) is 0 Å². The Morgan fingerprint density at radius 2 is 1.93 bits per heavy atom. The molecule has 1 aromatic carbocycles. The Labute approximate surface area is 84.9 Å². The summed E-state index contributed by atoms with van der Waals surface area (Å²) in [6, 6.07) is 7.40. The van der Waals surface area contributed by atoms with E-state index in [1.165, 1.54) is 0 Å². The number of aryl methyl sites for hydroxylation is 1. The fourth-order valence-corrected chi connectivity index (χ4v) is 1.68. The standard InChI is InChI=1S/C12H8O3/c1-7-4-9-5-8-2-3-14-10(8)6-11(9)15-12(7)13/h2-6H,1H3. The lowest BCUT2D eigenvalue weighted by Crippen LogP contribution is -2.01. The van der Waals surface area contributed by atoms with Gasteiger partial charge < -0.3 is 8.83 Å². The number of fused-ring (bicyclic) bond motifs is 2. The zero-order chi connectivity index (χ0) is 10.4. The van der Waals surface area contributed by atoms with E-state index in [1.807, 2.05) is 18.2 Å². The van der Waals surface area contributed by atoms with Gasteiger partial charge >= 0.3 is 5.63 Å². The second kappa shape index (κ2) is 2.73. The molecule has 0 radical (unpaired) electrons. The van der Waals surface area contributed by atoms with E-state index in [0.717, 1.165) is 16.4 Å². The van der Waals surface area contributed by atoms with Gasteiger partial charge in [0.15, 0.2) is 0 Å². The second-order valence-electron chi connectivity index (χ2n) is 3.57. The van der Waals surface area contributed by atoms with Crippen LogP contribution in [0.3, 0.4) is 0 Å². The molecule has 0 atom stereocenters. The molecule has 0 amide bonds. The van der Waals surface area contributed by atoms with Crippen molar-refractivity contribution in [3.05, 3.63) is 46.5 Å². The van der Waals surface area contributed by atoms with Gasteiger partial charge in [0, 0.05) is 22.4 Å². The molecular weight excluding hydrogens is 192 g/mol. The monoisotopic (exact) mass is 200 g/mol. The summed E-state index contributed by atoms with van der Waals surface area (Å²) < 4.78 is 10.4. The highest BCUT2D eigenvalue weighted by Crippen LogP contribution is 2.22. The van der Waals surface area contributed by atoms with Crippen LogP contribution < -0.4 is 5.63 Å². The molecule has 0 unspecified atom stereocenters. The fraction of sp³-hybridized carbons (Fsp3) is 0.0833. The van der Waals surface area contributed by atoms with Gasteiger partial charge in [0.1, 0.15) is 11.2 Å². The minimum atomic E-state index is -0.298. The molecule has 0 spiro atoms. The van der Waals surface area contributed by atoms with Crippen molar-refractivity contribution in [2.75, 3.05) is 0 Å². The molecule has 3 rings (SSSR count). The van der Waals surface area contributed by atoms with E-state index in [-0.39, 0.29) is 5.63 Å². The Hall–Kier alpha value is -2.03. The molecule has 0 bridgehead atoms. The Morgan fingerprint density at radius 1 is 1.07 bits per heavy atom. The van der Waals surface area contributed by atoms with E-state index in [2.05, 4.69) is 0 Å². The molecule has 0 aliphatic rings. The second-order valence-corrected chi connectivity index (χ2v) is 3.57. The van der Waals surface area contributed by atoms with Gasteiger partial charge in [0.05, 0.1) is 6.26 Å². The maximum Gasteiger partial charge on any atom is 0.339 e. The largest absolute Gasteiger partial charge is 0.464 e. The third-order valence-corrected chi connectivity index (χ3v) is 2.48. The van der Waals surface area contributed by atoms with Crippen molar-refractivity contribution in [2.45, 2.75) is 6.92 Å². The van der Waals surface area contributed by atoms with E-state index in [9.17, 15) is 4.79 Å². The van der Waals surface area contributed by atoms with E-state index in [1.54, 1.807) is 19.3 Å². The normalized spacial score (nSPS) is 11.3. The number of hydrogen-bond donors (Lipinski definition) is 0. The quantitative estimate of drug-likeness (QED) is 0.524. The highest BCUT2D eigenvalue weighted by atomic mass is 16.4. The molecule has 0 aliphatic carbocycles. The van der Waals surface area contributed by atoms with Gasteiger partial charge in [-0.15, -0.1) is 0 Å². The molecule has 3 heteroatoms. The molecule has 2 heterocycles. The van der Waals surface area contributed by atoms with E-state index < -0.39 is 0 Å². The van der Waals surface area contributed by atoms with Crippen molar-refractivity contribution in [2.24, 2.45) is 0 Å². The summed E-state index contributed by atoms with van der Waals surface area (Å²) in [6.07, 6.45) is 1.62. The zero-order valence-electron chi connectivity index (χ0n) is 8.11.